The molecule has 0 radical (unpaired) electrons. The molecule has 0 atom stereocenters. The Morgan fingerprint density at radius 3 is 1.71 bits per heavy atom. The summed E-state index contributed by atoms with van der Waals surface area (Å²) in [6.07, 6.45) is 3.77. The predicted molar refractivity (Wildman–Crippen MR) is 76.7 cm³/mol. The van der Waals surface area contributed by atoms with Crippen LogP contribution in [0.15, 0.2) is 25.6 Å². The van der Waals surface area contributed by atoms with Crippen LogP contribution in [-0.2, 0) is 4.79 Å². The van der Waals surface area contributed by atoms with Gasteiger partial charge in [0, 0.05) is 19.4 Å². The number of nitrogens with zero attached hydrogens (tertiary/aromatic N) is 1. The zero-order valence-corrected chi connectivity index (χ0v) is 12.3. The number of carbonyl (C=O) groups excluding carboxylic acids is 1. The van der Waals surface area contributed by atoms with Gasteiger partial charge in [0.1, 0.15) is 0 Å². The second-order valence-electron chi connectivity index (χ2n) is 2.13. The van der Waals surface area contributed by atoms with Gasteiger partial charge < -0.3 is 5.32 Å². The third-order valence-corrected chi connectivity index (χ3v) is 1.97. The Morgan fingerprint density at radius 2 is 1.53 bits per heavy atom. The molecule has 0 spiro atoms. The first-order chi connectivity index (χ1) is 8.13. The molecule has 1 aromatic heterocycles. The van der Waals surface area contributed by atoms with Gasteiger partial charge in [-0.15, -0.1) is 13.2 Å². The van der Waals surface area contributed by atoms with Gasteiger partial charge in [0.05, 0.1) is 10.0 Å². The summed E-state index contributed by atoms with van der Waals surface area (Å²) < 4.78 is 0. The maximum atomic E-state index is 9.06. The molecule has 1 heterocycles. The molecule has 17 heavy (non-hydrogen) atoms. The highest BCUT2D eigenvalue weighted by molar-refractivity contribution is 6.35. The smallest absolute Gasteiger partial charge is 0.206 e. The first-order valence-corrected chi connectivity index (χ1v) is 5.75. The summed E-state index contributed by atoms with van der Waals surface area (Å²) >= 11 is 11.3. The molecular weight excluding hydrogens is 259 g/mol. The van der Waals surface area contributed by atoms with Crippen molar-refractivity contribution in [2.45, 2.75) is 20.8 Å². The summed E-state index contributed by atoms with van der Waals surface area (Å²) in [5.41, 5.74) is 0.883. The fraction of sp³-hybridized carbons (Fsp3) is 0.333. The van der Waals surface area contributed by atoms with Crippen molar-refractivity contribution in [1.82, 2.24) is 10.3 Å². The topological polar surface area (TPSA) is 42.0 Å². The van der Waals surface area contributed by atoms with Crippen molar-refractivity contribution in [2.24, 2.45) is 0 Å². The average Bonchev–Trinajstić information content (AvgIpc) is 2.41. The lowest BCUT2D eigenvalue weighted by Gasteiger charge is -1.95. The molecule has 0 saturated heterocycles. The fourth-order valence-electron chi connectivity index (χ4n) is 0.476. The highest BCUT2D eigenvalue weighted by Gasteiger charge is 1.97. The molecule has 0 aliphatic rings. The van der Waals surface area contributed by atoms with Crippen molar-refractivity contribution < 1.29 is 4.79 Å². The molecule has 0 aromatic carbocycles. The number of carbonyl (C=O) groups is 1. The van der Waals surface area contributed by atoms with Crippen LogP contribution in [0.4, 0.5) is 0 Å². The van der Waals surface area contributed by atoms with E-state index in [1.807, 2.05) is 20.8 Å². The van der Waals surface area contributed by atoms with E-state index in [-0.39, 0.29) is 0 Å². The van der Waals surface area contributed by atoms with Gasteiger partial charge >= 0.3 is 0 Å². The van der Waals surface area contributed by atoms with E-state index in [4.69, 9.17) is 28.0 Å². The summed E-state index contributed by atoms with van der Waals surface area (Å²) in [5, 5.41) is 3.48. The van der Waals surface area contributed by atoms with Crippen LogP contribution in [0.25, 0.3) is 0 Å². The standard InChI is InChI=1S/C6H5Cl2N.C2H5NO.C2H6.C2H4/c1-4-5(7)2-9-3-6(4)8;1-3-2-4;2*1-2/h2-3H,1H3;2H,1H3,(H,3,4);1-2H3;1-2H2. The van der Waals surface area contributed by atoms with Gasteiger partial charge in [-0.1, -0.05) is 37.0 Å². The van der Waals surface area contributed by atoms with Gasteiger partial charge in [-0.3, -0.25) is 9.78 Å². The Labute approximate surface area is 114 Å². The van der Waals surface area contributed by atoms with Gasteiger partial charge in [0.2, 0.25) is 6.41 Å². The molecular formula is C12H20Cl2N2O. The Balaban J connectivity index is -0.000000208. The number of rotatable bonds is 1. The SMILES string of the molecule is C=C.CC.CNC=O.Cc1c(Cl)cncc1Cl. The molecule has 98 valence electrons. The molecule has 1 rings (SSSR count). The quantitative estimate of drug-likeness (QED) is 0.626. The number of aromatic nitrogens is 1. The lowest BCUT2D eigenvalue weighted by molar-refractivity contribution is -0.109. The number of hydrogen-bond donors (Lipinski definition) is 1. The Kier molecular flexibility index (Phi) is 21.7. The van der Waals surface area contributed by atoms with E-state index in [0.29, 0.717) is 16.5 Å². The van der Waals surface area contributed by atoms with Crippen LogP contribution in [0, 0.1) is 6.92 Å². The third kappa shape index (κ3) is 12.9. The molecule has 5 heteroatoms. The van der Waals surface area contributed by atoms with E-state index in [0.717, 1.165) is 5.56 Å². The Bertz CT molecular complexity index is 274. The number of amides is 1. The fourth-order valence-corrected chi connectivity index (χ4v) is 0.841. The second kappa shape index (κ2) is 17.3. The van der Waals surface area contributed by atoms with Crippen LogP contribution < -0.4 is 5.32 Å². The van der Waals surface area contributed by atoms with E-state index in [1.165, 1.54) is 0 Å². The van der Waals surface area contributed by atoms with E-state index >= 15 is 0 Å². The van der Waals surface area contributed by atoms with E-state index in [9.17, 15) is 0 Å². The van der Waals surface area contributed by atoms with Crippen LogP contribution in [-0.4, -0.2) is 18.4 Å². The molecule has 0 bridgehead atoms. The van der Waals surface area contributed by atoms with Crippen molar-refractivity contribution in [3.63, 3.8) is 0 Å². The van der Waals surface area contributed by atoms with Gasteiger partial charge in [0.15, 0.2) is 0 Å². The molecule has 0 aliphatic heterocycles. The number of halogens is 2. The van der Waals surface area contributed by atoms with Crippen LogP contribution in [0.2, 0.25) is 10.0 Å². The van der Waals surface area contributed by atoms with Crippen molar-refractivity contribution in [2.75, 3.05) is 7.05 Å². The largest absolute Gasteiger partial charge is 0.362 e. The molecule has 0 aliphatic carbocycles. The summed E-state index contributed by atoms with van der Waals surface area (Å²) in [7, 11) is 1.56. The lowest BCUT2D eigenvalue weighted by atomic mass is 10.3. The van der Waals surface area contributed by atoms with Crippen LogP contribution >= 0.6 is 23.2 Å². The van der Waals surface area contributed by atoms with Gasteiger partial charge in [-0.2, -0.15) is 0 Å². The van der Waals surface area contributed by atoms with Crippen LogP contribution in [0.1, 0.15) is 19.4 Å². The number of nitrogens with one attached hydrogen (secondary N) is 1. The molecule has 0 saturated carbocycles. The molecule has 1 amide bonds. The minimum absolute atomic E-state index is 0.613. The first kappa shape index (κ1) is 21.2. The Morgan fingerprint density at radius 1 is 1.24 bits per heavy atom. The van der Waals surface area contributed by atoms with Gasteiger partial charge in [-0.25, -0.2) is 0 Å². The summed E-state index contributed by atoms with van der Waals surface area (Å²) in [4.78, 5) is 12.8. The van der Waals surface area contributed by atoms with Crippen molar-refractivity contribution in [1.29, 1.82) is 0 Å². The summed E-state index contributed by atoms with van der Waals surface area (Å²) in [5.74, 6) is 0. The maximum absolute atomic E-state index is 9.06. The molecule has 1 N–H and O–H groups in total. The third-order valence-electron chi connectivity index (χ3n) is 1.21. The van der Waals surface area contributed by atoms with E-state index in [1.54, 1.807) is 19.4 Å². The zero-order chi connectivity index (χ0) is 14.3. The molecule has 0 fully saturated rings. The Hall–Kier alpha value is -1.06. The minimum atomic E-state index is 0.613. The van der Waals surface area contributed by atoms with Gasteiger partial charge in [0.25, 0.3) is 0 Å². The van der Waals surface area contributed by atoms with Crippen molar-refractivity contribution in [3.8, 4) is 0 Å². The monoisotopic (exact) mass is 278 g/mol. The number of hydrogen-bond acceptors (Lipinski definition) is 2. The highest BCUT2D eigenvalue weighted by atomic mass is 35.5. The average molecular weight is 279 g/mol. The zero-order valence-electron chi connectivity index (χ0n) is 10.8. The van der Waals surface area contributed by atoms with Crippen molar-refractivity contribution in [3.05, 3.63) is 41.2 Å². The normalized spacial score (nSPS) is 6.94. The first-order valence-electron chi connectivity index (χ1n) is 5.00. The molecule has 0 unspecified atom stereocenters. The molecule has 1 aromatic rings. The summed E-state index contributed by atoms with van der Waals surface area (Å²) in [6.45, 7) is 11.9. The highest BCUT2D eigenvalue weighted by Crippen LogP contribution is 2.20. The van der Waals surface area contributed by atoms with Gasteiger partial charge in [-0.05, 0) is 12.5 Å². The lowest BCUT2D eigenvalue weighted by Crippen LogP contribution is -1.98. The van der Waals surface area contributed by atoms with Crippen molar-refractivity contribution >= 4 is 29.6 Å². The van der Waals surface area contributed by atoms with E-state index in [2.05, 4.69) is 23.5 Å². The van der Waals surface area contributed by atoms with Crippen LogP contribution in [0.3, 0.4) is 0 Å². The maximum Gasteiger partial charge on any atom is 0.206 e. The second-order valence-corrected chi connectivity index (χ2v) is 2.95. The number of pyridine rings is 1. The van der Waals surface area contributed by atoms with Crippen LogP contribution in [0.5, 0.6) is 0 Å². The van der Waals surface area contributed by atoms with E-state index < -0.39 is 0 Å². The molecule has 3 nitrogen and oxygen atoms in total. The minimum Gasteiger partial charge on any atom is -0.362 e. The predicted octanol–water partition coefficient (Wildman–Crippen LogP) is 3.89. The summed E-state index contributed by atoms with van der Waals surface area (Å²) in [6, 6.07) is 0.